The maximum atomic E-state index is 9.14. The van der Waals surface area contributed by atoms with E-state index in [0.29, 0.717) is 18.8 Å². The van der Waals surface area contributed by atoms with E-state index >= 15 is 0 Å². The lowest BCUT2D eigenvalue weighted by Crippen LogP contribution is -2.29. The van der Waals surface area contributed by atoms with Crippen LogP contribution < -0.4 is 10.6 Å². The van der Waals surface area contributed by atoms with Gasteiger partial charge in [-0.1, -0.05) is 0 Å². The highest BCUT2D eigenvalue weighted by molar-refractivity contribution is 6.24. The van der Waals surface area contributed by atoms with Crippen molar-refractivity contribution in [3.05, 3.63) is 47.7 Å². The first kappa shape index (κ1) is 17.4. The number of nitrogens with zero attached hydrogens (tertiary/aromatic N) is 3. The molecule has 6 heteroatoms. The number of aliphatic hydroxyl groups excluding tert-OH is 2. The van der Waals surface area contributed by atoms with Gasteiger partial charge in [0.05, 0.1) is 36.0 Å². The molecule has 0 aromatic heterocycles. The number of hydrogen-bond donors (Lipinski definition) is 3. The van der Waals surface area contributed by atoms with Crippen LogP contribution in [0.4, 0.5) is 11.4 Å². The minimum absolute atomic E-state index is 0.0445. The van der Waals surface area contributed by atoms with Crippen LogP contribution in [0.1, 0.15) is 12.8 Å². The molecule has 1 aromatic carbocycles. The second-order valence-electron chi connectivity index (χ2n) is 6.09. The highest BCUT2D eigenvalue weighted by Crippen LogP contribution is 2.24. The molecule has 0 radical (unpaired) electrons. The molecule has 0 unspecified atom stereocenters. The van der Waals surface area contributed by atoms with Crippen molar-refractivity contribution in [1.29, 1.82) is 0 Å². The Labute approximate surface area is 147 Å². The molecule has 1 aliphatic carbocycles. The van der Waals surface area contributed by atoms with Gasteiger partial charge >= 0.3 is 0 Å². The van der Waals surface area contributed by atoms with Gasteiger partial charge in [-0.25, -0.2) is 4.99 Å². The number of allylic oxidation sites excluding steroid dienone is 3. The fourth-order valence-electron chi connectivity index (χ4n) is 3.04. The van der Waals surface area contributed by atoms with E-state index in [0.717, 1.165) is 42.2 Å². The Morgan fingerprint density at radius 2 is 1.80 bits per heavy atom. The van der Waals surface area contributed by atoms with Crippen molar-refractivity contribution in [3.8, 4) is 0 Å². The van der Waals surface area contributed by atoms with E-state index in [1.165, 1.54) is 5.57 Å². The summed E-state index contributed by atoms with van der Waals surface area (Å²) in [4.78, 5) is 11.1. The zero-order valence-electron chi connectivity index (χ0n) is 14.2. The van der Waals surface area contributed by atoms with Crippen molar-refractivity contribution in [2.45, 2.75) is 12.8 Å². The highest BCUT2D eigenvalue weighted by atomic mass is 16.3. The largest absolute Gasteiger partial charge is 0.397 e. The molecule has 2 aliphatic rings. The van der Waals surface area contributed by atoms with Crippen LogP contribution in [-0.2, 0) is 0 Å². The van der Waals surface area contributed by atoms with E-state index in [9.17, 15) is 0 Å². The minimum Gasteiger partial charge on any atom is -0.397 e. The molecule has 132 valence electrons. The van der Waals surface area contributed by atoms with Gasteiger partial charge in [-0.2, -0.15) is 0 Å². The second kappa shape index (κ2) is 8.09. The molecule has 0 atom stereocenters. The maximum absolute atomic E-state index is 9.14. The number of nitrogens with two attached hydrogens (primary N) is 1. The Morgan fingerprint density at radius 1 is 1.08 bits per heavy atom. The Morgan fingerprint density at radius 3 is 2.48 bits per heavy atom. The molecule has 0 spiro atoms. The predicted molar refractivity (Wildman–Crippen MR) is 102 cm³/mol. The molecule has 1 aliphatic heterocycles. The Kier molecular flexibility index (Phi) is 5.63. The lowest BCUT2D eigenvalue weighted by Gasteiger charge is -2.23. The van der Waals surface area contributed by atoms with Crippen LogP contribution >= 0.6 is 0 Å². The van der Waals surface area contributed by atoms with Gasteiger partial charge in [-0.3, -0.25) is 4.99 Å². The number of anilines is 1. The zero-order valence-corrected chi connectivity index (χ0v) is 14.2. The molecule has 3 rings (SSSR count). The number of aliphatic imine (C=N–C) groups is 2. The molecule has 1 aromatic rings. The standard InChI is InChI=1S/C19H24N4O2/c20-17-13-18-14(2-1-7-21-18)12-19(17)22-15-3-5-16(6-4-15)23(8-10-24)9-11-25/h3-6,12-13,24-25H,1-2,7-11,20H2/b22-19-. The third-order valence-electron chi connectivity index (χ3n) is 4.32. The Bertz CT molecular complexity index is 726. The average Bonchev–Trinajstić information content (AvgIpc) is 2.63. The first-order chi connectivity index (χ1) is 12.2. The summed E-state index contributed by atoms with van der Waals surface area (Å²) >= 11 is 0. The van der Waals surface area contributed by atoms with Crippen LogP contribution in [0.25, 0.3) is 0 Å². The van der Waals surface area contributed by atoms with Gasteiger partial charge in [0, 0.05) is 25.3 Å². The molecular formula is C19H24N4O2. The quantitative estimate of drug-likeness (QED) is 0.685. The number of benzene rings is 1. The van der Waals surface area contributed by atoms with E-state index < -0.39 is 0 Å². The van der Waals surface area contributed by atoms with Crippen molar-refractivity contribution < 1.29 is 10.2 Å². The Balaban J connectivity index is 1.81. The summed E-state index contributed by atoms with van der Waals surface area (Å²) in [5.41, 5.74) is 11.5. The minimum atomic E-state index is 0.0445. The van der Waals surface area contributed by atoms with Crippen LogP contribution in [0.3, 0.4) is 0 Å². The lowest BCUT2D eigenvalue weighted by molar-refractivity contribution is 0.281. The summed E-state index contributed by atoms with van der Waals surface area (Å²) in [6.07, 6.45) is 6.02. The summed E-state index contributed by atoms with van der Waals surface area (Å²) in [5.74, 6) is 0. The second-order valence-corrected chi connectivity index (χ2v) is 6.09. The molecule has 0 saturated heterocycles. The van der Waals surface area contributed by atoms with Gasteiger partial charge in [-0.05, 0) is 54.8 Å². The van der Waals surface area contributed by atoms with Gasteiger partial charge < -0.3 is 20.8 Å². The number of hydrogen-bond acceptors (Lipinski definition) is 6. The maximum Gasteiger partial charge on any atom is 0.0870 e. The summed E-state index contributed by atoms with van der Waals surface area (Å²) in [6, 6.07) is 7.71. The third-order valence-corrected chi connectivity index (χ3v) is 4.32. The molecule has 6 nitrogen and oxygen atoms in total. The van der Waals surface area contributed by atoms with E-state index in [1.54, 1.807) is 0 Å². The average molecular weight is 340 g/mol. The molecule has 1 heterocycles. The van der Waals surface area contributed by atoms with Crippen LogP contribution in [0.2, 0.25) is 0 Å². The summed E-state index contributed by atoms with van der Waals surface area (Å²) < 4.78 is 0. The van der Waals surface area contributed by atoms with Gasteiger partial charge in [0.25, 0.3) is 0 Å². The summed E-state index contributed by atoms with van der Waals surface area (Å²) in [6.45, 7) is 1.92. The molecule has 0 fully saturated rings. The van der Waals surface area contributed by atoms with Crippen molar-refractivity contribution in [2.24, 2.45) is 15.7 Å². The van der Waals surface area contributed by atoms with Gasteiger partial charge in [0.2, 0.25) is 0 Å². The summed E-state index contributed by atoms with van der Waals surface area (Å²) in [5, 5.41) is 18.3. The molecule has 4 N–H and O–H groups in total. The van der Waals surface area contributed by atoms with Crippen molar-refractivity contribution in [2.75, 3.05) is 37.7 Å². The van der Waals surface area contributed by atoms with Crippen LogP contribution in [-0.4, -0.2) is 54.5 Å². The highest BCUT2D eigenvalue weighted by Gasteiger charge is 2.17. The fourth-order valence-corrected chi connectivity index (χ4v) is 3.04. The zero-order chi connectivity index (χ0) is 17.6. The van der Waals surface area contributed by atoms with Crippen molar-refractivity contribution in [1.82, 2.24) is 0 Å². The van der Waals surface area contributed by atoms with Crippen LogP contribution in [0.15, 0.2) is 57.7 Å². The van der Waals surface area contributed by atoms with Gasteiger partial charge in [0.1, 0.15) is 0 Å². The van der Waals surface area contributed by atoms with E-state index in [2.05, 4.69) is 9.98 Å². The Hall–Kier alpha value is -2.44. The number of aliphatic hydroxyl groups is 2. The molecule has 25 heavy (non-hydrogen) atoms. The van der Waals surface area contributed by atoms with E-state index in [4.69, 9.17) is 15.9 Å². The summed E-state index contributed by atoms with van der Waals surface area (Å²) in [7, 11) is 0. The van der Waals surface area contributed by atoms with Crippen molar-refractivity contribution >= 4 is 22.8 Å². The lowest BCUT2D eigenvalue weighted by atomic mass is 9.94. The number of fused-ring (bicyclic) bond motifs is 1. The topological polar surface area (TPSA) is 94.4 Å². The van der Waals surface area contributed by atoms with E-state index in [-0.39, 0.29) is 13.2 Å². The fraction of sp³-hybridized carbons (Fsp3) is 0.368. The number of rotatable bonds is 6. The van der Waals surface area contributed by atoms with Crippen LogP contribution in [0, 0.1) is 0 Å². The molecule has 0 saturated carbocycles. The molecule has 0 amide bonds. The first-order valence-electron chi connectivity index (χ1n) is 8.59. The smallest absolute Gasteiger partial charge is 0.0870 e. The van der Waals surface area contributed by atoms with E-state index in [1.807, 2.05) is 41.3 Å². The molecular weight excluding hydrogens is 316 g/mol. The molecule has 0 bridgehead atoms. The normalized spacial score (nSPS) is 18.3. The first-order valence-corrected chi connectivity index (χ1v) is 8.59. The predicted octanol–water partition coefficient (Wildman–Crippen LogP) is 1.57. The monoisotopic (exact) mass is 340 g/mol. The van der Waals surface area contributed by atoms with Crippen LogP contribution in [0.5, 0.6) is 0 Å². The van der Waals surface area contributed by atoms with Gasteiger partial charge in [0.15, 0.2) is 0 Å². The third kappa shape index (κ3) is 4.15. The van der Waals surface area contributed by atoms with Crippen molar-refractivity contribution in [3.63, 3.8) is 0 Å². The SMILES string of the molecule is NC1=CC2=NCCCC2=C/C1=N/c1ccc(N(CCO)CCO)cc1. The van der Waals surface area contributed by atoms with Gasteiger partial charge in [-0.15, -0.1) is 0 Å².